The smallest absolute Gasteiger partial charge is 0.146 e. The van der Waals surface area contributed by atoms with Crippen LogP contribution in [0.5, 0.6) is 0 Å². The van der Waals surface area contributed by atoms with Crippen LogP contribution in [-0.4, -0.2) is 35.5 Å². The average Bonchev–Trinajstić information content (AvgIpc) is 2.58. The lowest BCUT2D eigenvalue weighted by atomic mass is 10.0. The van der Waals surface area contributed by atoms with E-state index in [1.807, 2.05) is 0 Å². The number of rotatable bonds is 5. The zero-order valence-electron chi connectivity index (χ0n) is 16.8. The van der Waals surface area contributed by atoms with Gasteiger partial charge in [-0.05, 0) is 75.5 Å². The molecule has 1 saturated heterocycles. The van der Waals surface area contributed by atoms with Crippen LogP contribution in [0.4, 0.5) is 4.39 Å². The van der Waals surface area contributed by atoms with E-state index in [2.05, 4.69) is 36.4 Å². The second-order valence-electron chi connectivity index (χ2n) is 8.47. The van der Waals surface area contributed by atoms with Gasteiger partial charge < -0.3 is 4.55 Å². The van der Waals surface area contributed by atoms with Crippen molar-refractivity contribution in [1.29, 1.82) is 5.26 Å². The maximum Gasteiger partial charge on any atom is 0.146 e. The molecule has 1 fully saturated rings. The summed E-state index contributed by atoms with van der Waals surface area (Å²) in [4.78, 5) is 4.29. The molecule has 0 spiro atoms. The largest absolute Gasteiger partial charge is 0.337 e. The van der Waals surface area contributed by atoms with Crippen molar-refractivity contribution < 1.29 is 13.2 Å². The third kappa shape index (κ3) is 4.77. The number of hydrogen-bond donors (Lipinski definition) is 3. The highest BCUT2D eigenvalue weighted by molar-refractivity contribution is 9.10. The molecule has 10 heteroatoms. The van der Waals surface area contributed by atoms with Crippen LogP contribution < -0.4 is 9.44 Å². The quantitative estimate of drug-likeness (QED) is 0.535. The van der Waals surface area contributed by atoms with Gasteiger partial charge in [-0.1, -0.05) is 10.5 Å². The van der Waals surface area contributed by atoms with Crippen LogP contribution in [0.2, 0.25) is 0 Å². The van der Waals surface area contributed by atoms with Crippen LogP contribution in [0, 0.1) is 17.1 Å². The lowest BCUT2D eigenvalue weighted by molar-refractivity contribution is 0.422. The number of halogens is 2. The maximum absolute atomic E-state index is 14.8. The first-order valence-corrected chi connectivity index (χ1v) is 12.7. The fourth-order valence-corrected chi connectivity index (χ4v) is 7.25. The summed E-state index contributed by atoms with van der Waals surface area (Å²) in [7, 11) is -4.24. The van der Waals surface area contributed by atoms with E-state index in [9.17, 15) is 18.4 Å². The molecule has 4 atom stereocenters. The van der Waals surface area contributed by atoms with Gasteiger partial charge in [0.2, 0.25) is 0 Å². The minimum absolute atomic E-state index is 0.00769. The number of hydrogen-bond acceptors (Lipinski definition) is 5. The molecule has 158 valence electrons. The Morgan fingerprint density at radius 3 is 2.71 bits per heavy atom. The van der Waals surface area contributed by atoms with Gasteiger partial charge in [0.25, 0.3) is 0 Å². The Kier molecular flexibility index (Phi) is 7.01. The molecule has 1 aromatic rings. The van der Waals surface area contributed by atoms with Crippen molar-refractivity contribution in [3.8, 4) is 6.07 Å². The van der Waals surface area contributed by atoms with Crippen molar-refractivity contribution in [3.63, 3.8) is 0 Å². The Hall–Kier alpha value is -0.570. The molecular formula is C18H28BrFN4O2S2. The minimum Gasteiger partial charge on any atom is -0.337 e. The molecule has 6 nitrogen and oxygen atoms in total. The first-order valence-electron chi connectivity index (χ1n) is 8.97. The highest BCUT2D eigenvalue weighted by Gasteiger charge is 2.51. The summed E-state index contributed by atoms with van der Waals surface area (Å²) >= 11 is 3.26. The second-order valence-corrected chi connectivity index (χ2v) is 14.1. The zero-order valence-corrected chi connectivity index (χ0v) is 20.0. The van der Waals surface area contributed by atoms with Crippen molar-refractivity contribution in [2.75, 3.05) is 12.3 Å². The summed E-state index contributed by atoms with van der Waals surface area (Å²) in [6.45, 7) is 9.38. The van der Waals surface area contributed by atoms with Gasteiger partial charge in [0, 0.05) is 12.3 Å². The normalized spacial score (nSPS) is 31.2. The summed E-state index contributed by atoms with van der Waals surface area (Å²) in [5.74, 6) is -0.576. The number of aromatic nitrogens is 1. The van der Waals surface area contributed by atoms with Crippen LogP contribution in [0.3, 0.4) is 0 Å². The third-order valence-corrected chi connectivity index (χ3v) is 10.5. The molecular weight excluding hydrogens is 467 g/mol. The molecule has 0 amide bonds. The van der Waals surface area contributed by atoms with Gasteiger partial charge in [-0.25, -0.2) is 18.3 Å². The number of nitrogens with one attached hydrogen (secondary N) is 2. The predicted octanol–water partition coefficient (Wildman–Crippen LogP) is 4.11. The van der Waals surface area contributed by atoms with Crippen LogP contribution in [-0.2, 0) is 16.5 Å². The molecule has 0 saturated carbocycles. The molecule has 0 radical (unpaired) electrons. The van der Waals surface area contributed by atoms with Crippen LogP contribution in [0.15, 0.2) is 16.7 Å². The van der Waals surface area contributed by atoms with Crippen LogP contribution in [0.1, 0.15) is 53.2 Å². The summed E-state index contributed by atoms with van der Waals surface area (Å²) in [5, 5.41) is 9.76. The molecule has 1 aliphatic rings. The highest BCUT2D eigenvalue weighted by atomic mass is 79.9. The Morgan fingerprint density at radius 2 is 2.14 bits per heavy atom. The molecule has 1 aromatic heterocycles. The van der Waals surface area contributed by atoms with Crippen molar-refractivity contribution >= 4 is 37.4 Å². The van der Waals surface area contributed by atoms with Crippen LogP contribution >= 0.6 is 26.4 Å². The van der Waals surface area contributed by atoms with E-state index < -0.39 is 42.3 Å². The average molecular weight is 495 g/mol. The van der Waals surface area contributed by atoms with Gasteiger partial charge in [0.1, 0.15) is 15.2 Å². The fraction of sp³-hybridized carbons (Fsp3) is 0.667. The monoisotopic (exact) mass is 494 g/mol. The highest BCUT2D eigenvalue weighted by Crippen LogP contribution is 2.59. The van der Waals surface area contributed by atoms with Crippen molar-refractivity contribution in [2.45, 2.75) is 62.5 Å². The third-order valence-electron chi connectivity index (χ3n) is 4.86. The van der Waals surface area contributed by atoms with Crippen LogP contribution in [0.25, 0.3) is 0 Å². The van der Waals surface area contributed by atoms with E-state index in [0.29, 0.717) is 17.6 Å². The molecule has 3 unspecified atom stereocenters. The first kappa shape index (κ1) is 23.7. The molecule has 3 N–H and O–H groups in total. The van der Waals surface area contributed by atoms with Gasteiger partial charge in [-0.2, -0.15) is 5.26 Å². The standard InChI is InChI=1S/C18H28BrFN4O2S2/c1-16(2,3)27(25)24-18(5,15-13(20)7-8-14(19)23-15)12-28(26)17(4,11-21)9-6-10-22-28/h7-8,22,24,26H,6,9-10,12H2,1-5H3/t17-,18?,27?/m0/s1. The Morgan fingerprint density at radius 1 is 1.50 bits per heavy atom. The van der Waals surface area contributed by atoms with Crippen molar-refractivity contribution in [2.24, 2.45) is 0 Å². The summed E-state index contributed by atoms with van der Waals surface area (Å²) < 4.78 is 44.2. The summed E-state index contributed by atoms with van der Waals surface area (Å²) in [6.07, 6.45) is 1.30. The number of nitriles is 1. The predicted molar refractivity (Wildman–Crippen MR) is 117 cm³/mol. The molecule has 2 rings (SSSR count). The Balaban J connectivity index is 2.57. The van der Waals surface area contributed by atoms with E-state index in [1.165, 1.54) is 12.1 Å². The molecule has 0 aromatic carbocycles. The second kappa shape index (κ2) is 8.28. The molecule has 0 aliphatic carbocycles. The van der Waals surface area contributed by atoms with E-state index in [4.69, 9.17) is 0 Å². The zero-order chi connectivity index (χ0) is 21.4. The number of nitrogens with zero attached hydrogens (tertiary/aromatic N) is 2. The lowest BCUT2D eigenvalue weighted by Crippen LogP contribution is -2.55. The van der Waals surface area contributed by atoms with Gasteiger partial charge in [-0.15, -0.1) is 0 Å². The summed E-state index contributed by atoms with van der Waals surface area (Å²) in [6, 6.07) is 5.02. The van der Waals surface area contributed by atoms with E-state index >= 15 is 0 Å². The van der Waals surface area contributed by atoms with Crippen molar-refractivity contribution in [3.05, 3.63) is 28.2 Å². The molecule has 0 bridgehead atoms. The SMILES string of the molecule is CC(CS1(O)NCCC[C@@]1(C)C#N)(NS(=O)C(C)(C)C)c1nc(Br)ccc1F. The van der Waals surface area contributed by atoms with Crippen molar-refractivity contribution in [1.82, 2.24) is 14.4 Å². The minimum atomic E-state index is -2.69. The van der Waals surface area contributed by atoms with Gasteiger partial charge >= 0.3 is 0 Å². The summed E-state index contributed by atoms with van der Waals surface area (Å²) in [5.41, 5.74) is -1.22. The van der Waals surface area contributed by atoms with Gasteiger partial charge in [0.05, 0.1) is 33.0 Å². The van der Waals surface area contributed by atoms with E-state index in [1.54, 1.807) is 34.6 Å². The Labute approximate surface area is 179 Å². The topological polar surface area (TPSA) is 98.0 Å². The van der Waals surface area contributed by atoms with E-state index in [0.717, 1.165) is 6.42 Å². The van der Waals surface area contributed by atoms with Gasteiger partial charge in [-0.3, -0.25) is 4.72 Å². The van der Waals surface area contributed by atoms with E-state index in [-0.39, 0.29) is 11.4 Å². The van der Waals surface area contributed by atoms with Gasteiger partial charge in [0.15, 0.2) is 0 Å². The molecule has 28 heavy (non-hydrogen) atoms. The lowest BCUT2D eigenvalue weighted by Gasteiger charge is -2.52. The fourth-order valence-electron chi connectivity index (χ4n) is 3.06. The maximum atomic E-state index is 14.8. The molecule has 1 aliphatic heterocycles. The molecule has 2 heterocycles. The first-order chi connectivity index (χ1) is 12.8. The number of pyridine rings is 1. The Bertz CT molecular complexity index is 816.